The van der Waals surface area contributed by atoms with Crippen molar-refractivity contribution in [2.24, 2.45) is 13.0 Å². The van der Waals surface area contributed by atoms with Gasteiger partial charge in [0.15, 0.2) is 0 Å². The van der Waals surface area contributed by atoms with Gasteiger partial charge in [-0.05, 0) is 45.1 Å². The van der Waals surface area contributed by atoms with E-state index in [9.17, 15) is 5.11 Å². The average molecular weight is 251 g/mol. The molecule has 4 heteroatoms. The van der Waals surface area contributed by atoms with Crippen molar-refractivity contribution in [3.63, 3.8) is 0 Å². The van der Waals surface area contributed by atoms with Gasteiger partial charge in [0.25, 0.3) is 0 Å². The molecule has 2 rings (SSSR count). The first-order valence-corrected chi connectivity index (χ1v) is 6.71. The molecule has 1 fully saturated rings. The minimum atomic E-state index is 0.306. The fourth-order valence-electron chi connectivity index (χ4n) is 2.88. The number of rotatable bonds is 4. The summed E-state index contributed by atoms with van der Waals surface area (Å²) in [5, 5.41) is 9.45. The van der Waals surface area contributed by atoms with Crippen LogP contribution in [0.25, 0.3) is 0 Å². The largest absolute Gasteiger partial charge is 0.396 e. The van der Waals surface area contributed by atoms with Crippen LogP contribution in [0.1, 0.15) is 12.1 Å². The van der Waals surface area contributed by atoms with Crippen LogP contribution in [0.15, 0.2) is 18.3 Å². The molecular weight excluding hydrogens is 226 g/mol. The first kappa shape index (κ1) is 13.6. The van der Waals surface area contributed by atoms with Crippen LogP contribution in [0.4, 0.5) is 0 Å². The number of likely N-dealkylation sites (tertiary alicyclic amines) is 1. The number of nitrogens with zero attached hydrogens (tertiary/aromatic N) is 3. The van der Waals surface area contributed by atoms with Crippen molar-refractivity contribution in [3.05, 3.63) is 24.0 Å². The summed E-state index contributed by atoms with van der Waals surface area (Å²) in [4.78, 5) is 4.74. The number of likely N-dealkylation sites (N-methyl/N-ethyl adjacent to an activating group) is 1. The summed E-state index contributed by atoms with van der Waals surface area (Å²) in [5.74, 6) is 0.421. The van der Waals surface area contributed by atoms with E-state index in [0.29, 0.717) is 18.6 Å². The maximum atomic E-state index is 9.45. The van der Waals surface area contributed by atoms with Crippen LogP contribution >= 0.6 is 0 Å². The number of piperidine rings is 1. The molecule has 0 amide bonds. The summed E-state index contributed by atoms with van der Waals surface area (Å²) in [5.41, 5.74) is 1.36. The topological polar surface area (TPSA) is 31.6 Å². The summed E-state index contributed by atoms with van der Waals surface area (Å²) in [6.07, 6.45) is 3.18. The van der Waals surface area contributed by atoms with Crippen LogP contribution in [0.3, 0.4) is 0 Å². The molecule has 102 valence electrons. The van der Waals surface area contributed by atoms with Gasteiger partial charge in [0.05, 0.1) is 0 Å². The Hall–Kier alpha value is -0.840. The molecule has 0 unspecified atom stereocenters. The third-order valence-electron chi connectivity index (χ3n) is 4.14. The maximum Gasteiger partial charge on any atom is 0.0475 e. The molecular formula is C14H25N3O. The number of aliphatic hydroxyl groups is 1. The Morgan fingerprint density at radius 3 is 2.78 bits per heavy atom. The highest BCUT2D eigenvalue weighted by Gasteiger charge is 2.30. The van der Waals surface area contributed by atoms with Crippen LogP contribution in [0.2, 0.25) is 0 Å². The molecule has 0 saturated carbocycles. The molecule has 0 spiro atoms. The van der Waals surface area contributed by atoms with E-state index in [0.717, 1.165) is 26.1 Å². The van der Waals surface area contributed by atoms with Gasteiger partial charge in [-0.25, -0.2) is 0 Å². The number of aromatic nitrogens is 1. The van der Waals surface area contributed by atoms with E-state index in [2.05, 4.69) is 53.8 Å². The van der Waals surface area contributed by atoms with E-state index < -0.39 is 0 Å². The molecule has 0 bridgehead atoms. The summed E-state index contributed by atoms with van der Waals surface area (Å²) in [7, 11) is 6.32. The molecule has 18 heavy (non-hydrogen) atoms. The van der Waals surface area contributed by atoms with Crippen LogP contribution in [0.5, 0.6) is 0 Å². The second kappa shape index (κ2) is 5.87. The third kappa shape index (κ3) is 2.94. The van der Waals surface area contributed by atoms with Crippen LogP contribution in [0, 0.1) is 5.92 Å². The van der Waals surface area contributed by atoms with E-state index >= 15 is 0 Å². The lowest BCUT2D eigenvalue weighted by Gasteiger charge is -2.41. The predicted molar refractivity (Wildman–Crippen MR) is 73.4 cm³/mol. The molecule has 0 radical (unpaired) electrons. The molecule has 4 nitrogen and oxygen atoms in total. The first-order valence-electron chi connectivity index (χ1n) is 6.71. The van der Waals surface area contributed by atoms with E-state index in [1.165, 1.54) is 5.69 Å². The molecule has 0 aromatic carbocycles. The number of aryl methyl sites for hydroxylation is 1. The third-order valence-corrected chi connectivity index (χ3v) is 4.14. The summed E-state index contributed by atoms with van der Waals surface area (Å²) < 4.78 is 2.18. The van der Waals surface area contributed by atoms with Gasteiger partial charge in [-0.3, -0.25) is 4.90 Å². The molecule has 1 aromatic heterocycles. The number of aliphatic hydroxyl groups excluding tert-OH is 1. The second-order valence-electron chi connectivity index (χ2n) is 5.61. The van der Waals surface area contributed by atoms with E-state index in [1.807, 2.05) is 0 Å². The fraction of sp³-hybridized carbons (Fsp3) is 0.714. The molecule has 2 atom stereocenters. The van der Waals surface area contributed by atoms with Crippen molar-refractivity contribution in [2.45, 2.75) is 19.0 Å². The van der Waals surface area contributed by atoms with Crippen LogP contribution in [-0.4, -0.2) is 59.3 Å². The van der Waals surface area contributed by atoms with Crippen molar-refractivity contribution in [1.29, 1.82) is 0 Å². The van der Waals surface area contributed by atoms with E-state index in [1.54, 1.807) is 0 Å². The molecule has 1 aromatic rings. The Labute approximate surface area is 110 Å². The van der Waals surface area contributed by atoms with E-state index in [-0.39, 0.29) is 0 Å². The lowest BCUT2D eigenvalue weighted by Crippen LogP contribution is -2.51. The van der Waals surface area contributed by atoms with Gasteiger partial charge in [0.2, 0.25) is 0 Å². The zero-order chi connectivity index (χ0) is 13.1. The zero-order valence-electron chi connectivity index (χ0n) is 11.7. The van der Waals surface area contributed by atoms with Gasteiger partial charge in [0, 0.05) is 44.7 Å². The lowest BCUT2D eigenvalue weighted by atomic mass is 9.91. The maximum absolute atomic E-state index is 9.45. The van der Waals surface area contributed by atoms with Gasteiger partial charge in [-0.2, -0.15) is 0 Å². The number of hydrogen-bond acceptors (Lipinski definition) is 3. The Morgan fingerprint density at radius 2 is 2.22 bits per heavy atom. The SMILES string of the molecule is CN(C)[C@@H]1CN(Cc2cccn2C)CC[C@@H]1CO. The quantitative estimate of drug-likeness (QED) is 0.858. The van der Waals surface area contributed by atoms with Crippen molar-refractivity contribution < 1.29 is 5.11 Å². The van der Waals surface area contributed by atoms with Crippen molar-refractivity contribution in [3.8, 4) is 0 Å². The highest BCUT2D eigenvalue weighted by Crippen LogP contribution is 2.22. The predicted octanol–water partition coefficient (Wildman–Crippen LogP) is 0.769. The molecule has 1 N–H and O–H groups in total. The molecule has 2 heterocycles. The standard InChI is InChI=1S/C14H25N3O/c1-15(2)14-10-17(8-6-12(14)11-18)9-13-5-4-7-16(13)3/h4-5,7,12,14,18H,6,8-11H2,1-3H3/t12-,14-/m1/s1. The van der Waals surface area contributed by atoms with E-state index in [4.69, 9.17) is 0 Å². The first-order chi connectivity index (χ1) is 8.61. The highest BCUT2D eigenvalue weighted by molar-refractivity contribution is 5.06. The lowest BCUT2D eigenvalue weighted by molar-refractivity contribution is 0.0452. The zero-order valence-corrected chi connectivity index (χ0v) is 11.7. The Kier molecular flexibility index (Phi) is 4.43. The second-order valence-corrected chi connectivity index (χ2v) is 5.61. The Balaban J connectivity index is 1.98. The molecule has 1 saturated heterocycles. The fourth-order valence-corrected chi connectivity index (χ4v) is 2.88. The minimum absolute atomic E-state index is 0.306. The van der Waals surface area contributed by atoms with Crippen LogP contribution < -0.4 is 0 Å². The highest BCUT2D eigenvalue weighted by atomic mass is 16.3. The van der Waals surface area contributed by atoms with Crippen molar-refractivity contribution in [2.75, 3.05) is 33.8 Å². The van der Waals surface area contributed by atoms with Gasteiger partial charge in [-0.1, -0.05) is 0 Å². The molecule has 1 aliphatic rings. The molecule has 1 aliphatic heterocycles. The van der Waals surface area contributed by atoms with Crippen LogP contribution in [-0.2, 0) is 13.6 Å². The average Bonchev–Trinajstić information content (AvgIpc) is 2.75. The van der Waals surface area contributed by atoms with Crippen molar-refractivity contribution >= 4 is 0 Å². The summed E-state index contributed by atoms with van der Waals surface area (Å²) >= 11 is 0. The molecule has 0 aliphatic carbocycles. The Bertz CT molecular complexity index is 375. The number of hydrogen-bond donors (Lipinski definition) is 1. The smallest absolute Gasteiger partial charge is 0.0475 e. The van der Waals surface area contributed by atoms with Crippen molar-refractivity contribution in [1.82, 2.24) is 14.4 Å². The van der Waals surface area contributed by atoms with Gasteiger partial charge < -0.3 is 14.6 Å². The monoisotopic (exact) mass is 251 g/mol. The Morgan fingerprint density at radius 1 is 1.44 bits per heavy atom. The minimum Gasteiger partial charge on any atom is -0.396 e. The van der Waals surface area contributed by atoms with Gasteiger partial charge >= 0.3 is 0 Å². The summed E-state index contributed by atoms with van der Waals surface area (Å²) in [6.45, 7) is 3.44. The summed E-state index contributed by atoms with van der Waals surface area (Å²) in [6, 6.07) is 4.74. The van der Waals surface area contributed by atoms with Gasteiger partial charge in [-0.15, -0.1) is 0 Å². The van der Waals surface area contributed by atoms with Gasteiger partial charge in [0.1, 0.15) is 0 Å². The normalized spacial score (nSPS) is 25.8.